The van der Waals surface area contributed by atoms with E-state index in [1.807, 2.05) is 12.1 Å². The van der Waals surface area contributed by atoms with Crippen LogP contribution >= 0.6 is 15.9 Å². The Morgan fingerprint density at radius 2 is 2.32 bits per heavy atom. The van der Waals surface area contributed by atoms with E-state index in [9.17, 15) is 0 Å². The highest BCUT2D eigenvalue weighted by atomic mass is 79.9. The first-order valence-electron chi connectivity index (χ1n) is 7.02. The molecule has 3 nitrogen and oxygen atoms in total. The molecule has 2 N–H and O–H groups in total. The molecule has 19 heavy (non-hydrogen) atoms. The molecule has 2 unspecified atom stereocenters. The third-order valence-electron chi connectivity index (χ3n) is 3.61. The molecule has 1 fully saturated rings. The number of benzene rings is 1. The van der Waals surface area contributed by atoms with Gasteiger partial charge in [0.05, 0.1) is 11.6 Å². The van der Waals surface area contributed by atoms with Crippen molar-refractivity contribution in [2.45, 2.75) is 44.7 Å². The van der Waals surface area contributed by atoms with Gasteiger partial charge < -0.3 is 15.4 Å². The standard InChI is InChI=1S/C15H23BrN2O/c1-11(9-12-5-3-4-8-17-12)18-13-6-7-14(16)15(10-13)19-2/h6-7,10-12,17-18H,3-5,8-9H2,1-2H3. The Hall–Kier alpha value is -0.740. The zero-order valence-electron chi connectivity index (χ0n) is 11.7. The molecule has 1 aromatic rings. The van der Waals surface area contributed by atoms with Gasteiger partial charge in [-0.15, -0.1) is 0 Å². The fourth-order valence-corrected chi connectivity index (χ4v) is 3.05. The Balaban J connectivity index is 1.88. The molecule has 2 rings (SSSR count). The van der Waals surface area contributed by atoms with Crippen molar-refractivity contribution in [3.05, 3.63) is 22.7 Å². The second kappa shape index (κ2) is 7.15. The molecule has 0 aliphatic carbocycles. The van der Waals surface area contributed by atoms with Crippen LogP contribution in [0.2, 0.25) is 0 Å². The van der Waals surface area contributed by atoms with Gasteiger partial charge in [-0.25, -0.2) is 0 Å². The predicted octanol–water partition coefficient (Wildman–Crippen LogP) is 3.79. The Morgan fingerprint density at radius 1 is 1.47 bits per heavy atom. The molecule has 0 bridgehead atoms. The molecule has 1 aromatic carbocycles. The summed E-state index contributed by atoms with van der Waals surface area (Å²) in [5.74, 6) is 0.869. The molecular weight excluding hydrogens is 304 g/mol. The topological polar surface area (TPSA) is 33.3 Å². The van der Waals surface area contributed by atoms with Crippen molar-refractivity contribution in [3.8, 4) is 5.75 Å². The van der Waals surface area contributed by atoms with E-state index >= 15 is 0 Å². The van der Waals surface area contributed by atoms with Gasteiger partial charge in [0.15, 0.2) is 0 Å². The molecule has 0 saturated carbocycles. The van der Waals surface area contributed by atoms with Crippen LogP contribution < -0.4 is 15.4 Å². The number of ether oxygens (including phenoxy) is 1. The quantitative estimate of drug-likeness (QED) is 0.863. The van der Waals surface area contributed by atoms with Gasteiger partial charge in [-0.2, -0.15) is 0 Å². The van der Waals surface area contributed by atoms with E-state index in [2.05, 4.69) is 39.6 Å². The second-order valence-electron chi connectivity index (χ2n) is 5.28. The summed E-state index contributed by atoms with van der Waals surface area (Å²) in [6.45, 7) is 3.41. The first-order chi connectivity index (χ1) is 9.19. The summed E-state index contributed by atoms with van der Waals surface area (Å²) in [6, 6.07) is 7.26. The lowest BCUT2D eigenvalue weighted by molar-refractivity contribution is 0.371. The van der Waals surface area contributed by atoms with Crippen molar-refractivity contribution in [2.75, 3.05) is 19.0 Å². The third-order valence-corrected chi connectivity index (χ3v) is 4.27. The minimum absolute atomic E-state index is 0.460. The monoisotopic (exact) mass is 326 g/mol. The van der Waals surface area contributed by atoms with Crippen molar-refractivity contribution in [1.82, 2.24) is 5.32 Å². The maximum Gasteiger partial charge on any atom is 0.135 e. The fourth-order valence-electron chi connectivity index (χ4n) is 2.64. The van der Waals surface area contributed by atoms with Gasteiger partial charge in [0.25, 0.3) is 0 Å². The van der Waals surface area contributed by atoms with Crippen LogP contribution in [-0.2, 0) is 0 Å². The maximum atomic E-state index is 5.32. The fraction of sp³-hybridized carbons (Fsp3) is 0.600. The van der Waals surface area contributed by atoms with E-state index in [4.69, 9.17) is 4.74 Å². The predicted molar refractivity (Wildman–Crippen MR) is 84.0 cm³/mol. The summed E-state index contributed by atoms with van der Waals surface area (Å²) in [7, 11) is 1.69. The van der Waals surface area contributed by atoms with E-state index in [0.29, 0.717) is 12.1 Å². The summed E-state index contributed by atoms with van der Waals surface area (Å²) < 4.78 is 6.31. The van der Waals surface area contributed by atoms with Crippen LogP contribution in [0.5, 0.6) is 5.75 Å². The number of nitrogens with one attached hydrogen (secondary N) is 2. The normalized spacial score (nSPS) is 20.9. The molecule has 1 heterocycles. The Morgan fingerprint density at radius 3 is 3.00 bits per heavy atom. The first kappa shape index (κ1) is 14.7. The molecule has 0 amide bonds. The smallest absolute Gasteiger partial charge is 0.135 e. The molecule has 106 valence electrons. The number of piperidine rings is 1. The van der Waals surface area contributed by atoms with Crippen LogP contribution in [0.25, 0.3) is 0 Å². The SMILES string of the molecule is COc1cc(NC(C)CC2CCCCN2)ccc1Br. The van der Waals surface area contributed by atoms with Crippen LogP contribution in [0.15, 0.2) is 22.7 Å². The number of halogens is 1. The highest BCUT2D eigenvalue weighted by Crippen LogP contribution is 2.28. The third kappa shape index (κ3) is 4.39. The van der Waals surface area contributed by atoms with E-state index in [0.717, 1.165) is 15.9 Å². The van der Waals surface area contributed by atoms with E-state index in [1.54, 1.807) is 7.11 Å². The zero-order valence-corrected chi connectivity index (χ0v) is 13.3. The summed E-state index contributed by atoms with van der Waals surface area (Å²) in [6.07, 6.45) is 5.15. The lowest BCUT2D eigenvalue weighted by atomic mass is 9.98. The van der Waals surface area contributed by atoms with Gasteiger partial charge in [-0.1, -0.05) is 6.42 Å². The summed E-state index contributed by atoms with van der Waals surface area (Å²) in [5, 5.41) is 7.15. The highest BCUT2D eigenvalue weighted by Gasteiger charge is 2.15. The van der Waals surface area contributed by atoms with Crippen LogP contribution in [0.4, 0.5) is 5.69 Å². The summed E-state index contributed by atoms with van der Waals surface area (Å²) in [4.78, 5) is 0. The Labute approximate surface area is 124 Å². The zero-order chi connectivity index (χ0) is 13.7. The molecule has 1 aliphatic rings. The van der Waals surface area contributed by atoms with Gasteiger partial charge in [-0.05, 0) is 60.8 Å². The molecule has 0 spiro atoms. The number of anilines is 1. The number of rotatable bonds is 5. The van der Waals surface area contributed by atoms with Crippen molar-refractivity contribution in [1.29, 1.82) is 0 Å². The molecule has 1 aliphatic heterocycles. The number of methoxy groups -OCH3 is 1. The van der Waals surface area contributed by atoms with Crippen LogP contribution in [-0.4, -0.2) is 25.7 Å². The van der Waals surface area contributed by atoms with Gasteiger partial charge in [0, 0.05) is 23.8 Å². The summed E-state index contributed by atoms with van der Waals surface area (Å²) in [5.41, 5.74) is 1.11. The minimum atomic E-state index is 0.460. The van der Waals surface area contributed by atoms with Gasteiger partial charge in [0.2, 0.25) is 0 Å². The Bertz CT molecular complexity index is 405. The summed E-state index contributed by atoms with van der Waals surface area (Å²) >= 11 is 3.47. The lowest BCUT2D eigenvalue weighted by Gasteiger charge is -2.27. The number of hydrogen-bond acceptors (Lipinski definition) is 3. The van der Waals surface area contributed by atoms with Crippen LogP contribution in [0, 0.1) is 0 Å². The molecule has 4 heteroatoms. The minimum Gasteiger partial charge on any atom is -0.495 e. The van der Waals surface area contributed by atoms with E-state index in [-0.39, 0.29) is 0 Å². The van der Waals surface area contributed by atoms with Gasteiger partial charge >= 0.3 is 0 Å². The first-order valence-corrected chi connectivity index (χ1v) is 7.82. The van der Waals surface area contributed by atoms with Gasteiger partial charge in [-0.3, -0.25) is 0 Å². The van der Waals surface area contributed by atoms with Crippen molar-refractivity contribution in [3.63, 3.8) is 0 Å². The molecule has 0 radical (unpaired) electrons. The maximum absolute atomic E-state index is 5.32. The van der Waals surface area contributed by atoms with Crippen molar-refractivity contribution in [2.24, 2.45) is 0 Å². The molecule has 0 aromatic heterocycles. The molecular formula is C15H23BrN2O. The lowest BCUT2D eigenvalue weighted by Crippen LogP contribution is -2.37. The molecule has 1 saturated heterocycles. The van der Waals surface area contributed by atoms with E-state index in [1.165, 1.54) is 32.2 Å². The average Bonchev–Trinajstić information content (AvgIpc) is 2.42. The van der Waals surface area contributed by atoms with Crippen LogP contribution in [0.3, 0.4) is 0 Å². The Kier molecular flexibility index (Phi) is 5.52. The van der Waals surface area contributed by atoms with Crippen LogP contribution in [0.1, 0.15) is 32.6 Å². The largest absolute Gasteiger partial charge is 0.495 e. The highest BCUT2D eigenvalue weighted by molar-refractivity contribution is 9.10. The number of hydrogen-bond donors (Lipinski definition) is 2. The van der Waals surface area contributed by atoms with Gasteiger partial charge in [0.1, 0.15) is 5.75 Å². The van der Waals surface area contributed by atoms with Crippen molar-refractivity contribution >= 4 is 21.6 Å². The van der Waals surface area contributed by atoms with Crippen molar-refractivity contribution < 1.29 is 4.74 Å². The average molecular weight is 327 g/mol. The second-order valence-corrected chi connectivity index (χ2v) is 6.13. The van der Waals surface area contributed by atoms with E-state index < -0.39 is 0 Å². The molecule has 2 atom stereocenters.